The summed E-state index contributed by atoms with van der Waals surface area (Å²) in [5, 5.41) is 0. The Kier molecular flexibility index (Phi) is 50.8. The molecule has 0 aromatic carbocycles. The van der Waals surface area contributed by atoms with Gasteiger partial charge < -0.3 is 14.2 Å². The smallest absolute Gasteiger partial charge is 0.306 e. The lowest BCUT2D eigenvalue weighted by molar-refractivity contribution is -0.167. The van der Waals surface area contributed by atoms with Crippen LogP contribution in [0, 0.1) is 0 Å². The van der Waals surface area contributed by atoms with E-state index < -0.39 is 6.10 Å². The molecule has 370 valence electrons. The zero-order valence-corrected chi connectivity index (χ0v) is 42.4. The van der Waals surface area contributed by atoms with Gasteiger partial charge in [0.05, 0.1) is 0 Å². The molecule has 0 bridgehead atoms. The molecule has 0 amide bonds. The van der Waals surface area contributed by atoms with Gasteiger partial charge in [-0.3, -0.25) is 14.4 Å². The highest BCUT2D eigenvalue weighted by atomic mass is 16.6. The lowest BCUT2D eigenvalue weighted by Crippen LogP contribution is -2.30. The fraction of sp³-hybridized carbons (Fsp3) is 0.877. The summed E-state index contributed by atoms with van der Waals surface area (Å²) in [5.74, 6) is -0.866. The number of allylic oxidation sites excluding steroid dienone is 4. The lowest BCUT2D eigenvalue weighted by Gasteiger charge is -2.18. The molecule has 0 heterocycles. The summed E-state index contributed by atoms with van der Waals surface area (Å²) in [6.45, 7) is 6.65. The van der Waals surface area contributed by atoms with Gasteiger partial charge in [0, 0.05) is 19.3 Å². The first kappa shape index (κ1) is 60.9. The maximum atomic E-state index is 12.8. The molecule has 0 saturated heterocycles. The van der Waals surface area contributed by atoms with Gasteiger partial charge in [0.25, 0.3) is 0 Å². The highest BCUT2D eigenvalue weighted by molar-refractivity contribution is 5.71. The Labute approximate surface area is 392 Å². The second kappa shape index (κ2) is 52.5. The van der Waals surface area contributed by atoms with E-state index in [0.717, 1.165) is 77.0 Å². The van der Waals surface area contributed by atoms with Crippen LogP contribution in [-0.2, 0) is 28.6 Å². The molecule has 0 saturated carbocycles. The summed E-state index contributed by atoms with van der Waals surface area (Å²) in [7, 11) is 0. The molecule has 0 N–H and O–H groups in total. The minimum atomic E-state index is -0.773. The summed E-state index contributed by atoms with van der Waals surface area (Å²) in [6.07, 6.45) is 60.1. The van der Waals surface area contributed by atoms with Gasteiger partial charge in [-0.15, -0.1) is 0 Å². The molecular formula is C57H106O6. The molecule has 0 rings (SSSR count). The number of rotatable bonds is 51. The van der Waals surface area contributed by atoms with Crippen LogP contribution in [0.5, 0.6) is 0 Å². The molecule has 0 aromatic heterocycles. The van der Waals surface area contributed by atoms with E-state index in [9.17, 15) is 14.4 Å². The predicted molar refractivity (Wildman–Crippen MR) is 270 cm³/mol. The van der Waals surface area contributed by atoms with Crippen LogP contribution in [0.3, 0.4) is 0 Å². The van der Waals surface area contributed by atoms with E-state index in [-0.39, 0.29) is 31.1 Å². The van der Waals surface area contributed by atoms with Crippen LogP contribution >= 0.6 is 0 Å². The second-order valence-electron chi connectivity index (χ2n) is 18.9. The monoisotopic (exact) mass is 887 g/mol. The average Bonchev–Trinajstić information content (AvgIpc) is 3.28. The molecule has 6 nitrogen and oxygen atoms in total. The van der Waals surface area contributed by atoms with Crippen LogP contribution in [0.2, 0.25) is 0 Å². The molecule has 6 heteroatoms. The fourth-order valence-electron chi connectivity index (χ4n) is 8.24. The lowest BCUT2D eigenvalue weighted by atomic mass is 10.0. The van der Waals surface area contributed by atoms with Gasteiger partial charge in [-0.05, 0) is 51.4 Å². The van der Waals surface area contributed by atoms with Gasteiger partial charge in [0.2, 0.25) is 0 Å². The van der Waals surface area contributed by atoms with E-state index in [0.29, 0.717) is 19.3 Å². The molecule has 63 heavy (non-hydrogen) atoms. The standard InChI is InChI=1S/C57H106O6/c1-4-7-10-13-16-19-22-25-28-31-34-37-40-43-46-49-55(58)61-52-54(63-57(60)51-48-45-42-39-36-33-30-27-24-21-18-15-12-9-6-3)53-62-56(59)50-47-44-41-38-35-32-29-26-23-20-17-14-11-8-5-2/h18,21,27,30,54H,4-17,19-20,22-26,28-29,31-53H2,1-3H3. The number of carbonyl (C=O) groups excluding carboxylic acids is 3. The Morgan fingerprint density at radius 3 is 0.905 bits per heavy atom. The van der Waals surface area contributed by atoms with Crippen molar-refractivity contribution in [2.75, 3.05) is 13.2 Å². The van der Waals surface area contributed by atoms with Crippen molar-refractivity contribution < 1.29 is 28.6 Å². The van der Waals surface area contributed by atoms with Gasteiger partial charge in [0.1, 0.15) is 13.2 Å². The van der Waals surface area contributed by atoms with Gasteiger partial charge >= 0.3 is 17.9 Å². The SMILES string of the molecule is CCCCCC=CCC=CCCCCCCCC(=O)OC(COC(=O)CCCCCCCCCCCCCCCCC)COC(=O)CCCCCCCCCCCCCCCCC. The fourth-order valence-corrected chi connectivity index (χ4v) is 8.24. The molecule has 0 radical (unpaired) electrons. The summed E-state index contributed by atoms with van der Waals surface area (Å²) in [4.78, 5) is 38.1. The van der Waals surface area contributed by atoms with Gasteiger partial charge in [-0.2, -0.15) is 0 Å². The van der Waals surface area contributed by atoms with E-state index in [4.69, 9.17) is 14.2 Å². The van der Waals surface area contributed by atoms with Crippen molar-refractivity contribution in [2.24, 2.45) is 0 Å². The summed E-state index contributed by atoms with van der Waals surface area (Å²) < 4.78 is 16.8. The minimum Gasteiger partial charge on any atom is -0.462 e. The highest BCUT2D eigenvalue weighted by Gasteiger charge is 2.19. The third kappa shape index (κ3) is 50.7. The Balaban J connectivity index is 4.35. The first-order chi connectivity index (χ1) is 31.0. The number of hydrogen-bond donors (Lipinski definition) is 0. The number of hydrogen-bond acceptors (Lipinski definition) is 6. The first-order valence-corrected chi connectivity index (χ1v) is 27.8. The van der Waals surface area contributed by atoms with Crippen molar-refractivity contribution in [1.29, 1.82) is 0 Å². The zero-order chi connectivity index (χ0) is 45.8. The highest BCUT2D eigenvalue weighted by Crippen LogP contribution is 2.17. The van der Waals surface area contributed by atoms with Crippen LogP contribution in [0.4, 0.5) is 0 Å². The summed E-state index contributed by atoms with van der Waals surface area (Å²) >= 11 is 0. The zero-order valence-electron chi connectivity index (χ0n) is 42.4. The Hall–Kier alpha value is -2.11. The number of ether oxygens (including phenoxy) is 3. The normalized spacial score (nSPS) is 11.7. The van der Waals surface area contributed by atoms with Crippen molar-refractivity contribution in [1.82, 2.24) is 0 Å². The van der Waals surface area contributed by atoms with Gasteiger partial charge in [-0.1, -0.05) is 257 Å². The van der Waals surface area contributed by atoms with Crippen LogP contribution in [0.15, 0.2) is 24.3 Å². The number of unbranched alkanes of at least 4 members (excludes halogenated alkanes) is 36. The van der Waals surface area contributed by atoms with E-state index in [1.54, 1.807) is 0 Å². The predicted octanol–water partition coefficient (Wildman–Crippen LogP) is 18.3. The van der Waals surface area contributed by atoms with Crippen LogP contribution in [0.25, 0.3) is 0 Å². The van der Waals surface area contributed by atoms with Crippen LogP contribution < -0.4 is 0 Å². The van der Waals surface area contributed by atoms with E-state index in [2.05, 4.69) is 45.1 Å². The minimum absolute atomic E-state index is 0.0717. The van der Waals surface area contributed by atoms with Crippen LogP contribution in [-0.4, -0.2) is 37.2 Å². The van der Waals surface area contributed by atoms with E-state index in [1.807, 2.05) is 0 Å². The molecule has 0 aliphatic carbocycles. The van der Waals surface area contributed by atoms with Crippen molar-refractivity contribution in [3.05, 3.63) is 24.3 Å². The largest absolute Gasteiger partial charge is 0.462 e. The maximum Gasteiger partial charge on any atom is 0.306 e. The molecule has 0 aromatic rings. The van der Waals surface area contributed by atoms with Gasteiger partial charge in [-0.25, -0.2) is 0 Å². The topological polar surface area (TPSA) is 78.9 Å². The van der Waals surface area contributed by atoms with E-state index >= 15 is 0 Å². The maximum absolute atomic E-state index is 12.8. The Morgan fingerprint density at radius 1 is 0.317 bits per heavy atom. The second-order valence-corrected chi connectivity index (χ2v) is 18.9. The Morgan fingerprint density at radius 2 is 0.571 bits per heavy atom. The van der Waals surface area contributed by atoms with Crippen LogP contribution in [0.1, 0.15) is 303 Å². The molecule has 0 spiro atoms. The molecule has 0 aliphatic heterocycles. The third-order valence-corrected chi connectivity index (χ3v) is 12.5. The van der Waals surface area contributed by atoms with Crippen molar-refractivity contribution in [3.8, 4) is 0 Å². The number of esters is 3. The van der Waals surface area contributed by atoms with Crippen molar-refractivity contribution in [2.45, 2.75) is 309 Å². The first-order valence-electron chi connectivity index (χ1n) is 27.8. The summed E-state index contributed by atoms with van der Waals surface area (Å²) in [5.41, 5.74) is 0. The van der Waals surface area contributed by atoms with Crippen molar-refractivity contribution >= 4 is 17.9 Å². The molecule has 0 unspecified atom stereocenters. The molecule has 0 fully saturated rings. The number of carbonyl (C=O) groups is 3. The molecule has 0 atom stereocenters. The molecular weight excluding hydrogens is 781 g/mol. The van der Waals surface area contributed by atoms with Gasteiger partial charge in [0.15, 0.2) is 6.10 Å². The van der Waals surface area contributed by atoms with E-state index in [1.165, 1.54) is 186 Å². The Bertz CT molecular complexity index is 970. The van der Waals surface area contributed by atoms with Crippen molar-refractivity contribution in [3.63, 3.8) is 0 Å². The summed E-state index contributed by atoms with van der Waals surface area (Å²) in [6, 6.07) is 0. The molecule has 0 aliphatic rings. The quantitative estimate of drug-likeness (QED) is 0.0262. The third-order valence-electron chi connectivity index (χ3n) is 12.5. The average molecular weight is 887 g/mol.